The van der Waals surface area contributed by atoms with Gasteiger partial charge in [-0.3, -0.25) is 19.5 Å². The number of carbonyl (C=O) groups is 2. The van der Waals surface area contributed by atoms with Crippen LogP contribution < -0.4 is 5.32 Å². The van der Waals surface area contributed by atoms with E-state index in [-0.39, 0.29) is 6.54 Å². The van der Waals surface area contributed by atoms with Crippen molar-refractivity contribution in [3.63, 3.8) is 0 Å². The van der Waals surface area contributed by atoms with E-state index in [1.54, 1.807) is 0 Å². The number of nitrogens with zero attached hydrogens (tertiary/aromatic N) is 1. The minimum absolute atomic E-state index is 0.248. The molecule has 17 nitrogen and oxygen atoms in total. The van der Waals surface area contributed by atoms with Gasteiger partial charge in [0.25, 0.3) is 0 Å². The van der Waals surface area contributed by atoms with Crippen molar-refractivity contribution in [2.45, 2.75) is 29.4 Å². The highest BCUT2D eigenvalue weighted by Gasteiger charge is 2.50. The summed E-state index contributed by atoms with van der Waals surface area (Å²) in [5.74, 6) is -0.645. The molecule has 2 fully saturated rings. The maximum atomic E-state index is 11.9. The number of alkyl halides is 1. The molecule has 0 aromatic carbocycles. The van der Waals surface area contributed by atoms with Gasteiger partial charge in [-0.1, -0.05) is 15.9 Å². The normalized spacial score (nSPS) is 34.4. The molecule has 7 unspecified atom stereocenters. The molecule has 21 heteroatoms. The minimum atomic E-state index is -5.73. The van der Waals surface area contributed by atoms with Gasteiger partial charge in [-0.05, 0) is 0 Å². The number of hydrogen-bond acceptors (Lipinski definition) is 11. The number of phosphoric acid groups is 3. The van der Waals surface area contributed by atoms with Crippen molar-refractivity contribution < 1.29 is 71.0 Å². The van der Waals surface area contributed by atoms with Crippen LogP contribution in [0.2, 0.25) is 0 Å². The molecule has 0 aromatic heterocycles. The Bertz CT molecular complexity index is 834. The number of amides is 3. The van der Waals surface area contributed by atoms with Crippen molar-refractivity contribution in [2.75, 3.05) is 13.2 Å². The fourth-order valence-corrected chi connectivity index (χ4v) is 5.87. The first-order valence-electron chi connectivity index (χ1n) is 7.57. The lowest BCUT2D eigenvalue weighted by molar-refractivity contribution is -0.124. The fourth-order valence-electron chi connectivity index (χ4n) is 2.41. The fraction of sp³-hybridized carbons (Fsp3) is 0.778. The Morgan fingerprint density at radius 3 is 2.23 bits per heavy atom. The van der Waals surface area contributed by atoms with Gasteiger partial charge in [-0.2, -0.15) is 8.62 Å². The SMILES string of the molecule is O=C1NC(=O)N(C2OC(COP(=O)(O)OP(=O)(O)OP(=O)(O)O)C(O)C2O)CC1Br. The predicted molar refractivity (Wildman–Crippen MR) is 93.5 cm³/mol. The highest BCUT2D eigenvalue weighted by molar-refractivity contribution is 9.10. The summed E-state index contributed by atoms with van der Waals surface area (Å²) in [5, 5.41) is 22.1. The quantitative estimate of drug-likeness (QED) is 0.125. The summed E-state index contributed by atoms with van der Waals surface area (Å²) in [5.41, 5.74) is 0. The van der Waals surface area contributed by atoms with E-state index in [2.05, 4.69) is 29.1 Å². The average molecular weight is 565 g/mol. The maximum absolute atomic E-state index is 11.9. The Labute approximate surface area is 175 Å². The number of ether oxygens (including phenoxy) is 1. The Morgan fingerprint density at radius 1 is 1.07 bits per heavy atom. The number of carbonyl (C=O) groups excluding carboxylic acids is 2. The van der Waals surface area contributed by atoms with Gasteiger partial charge in [0.2, 0.25) is 5.91 Å². The zero-order valence-electron chi connectivity index (χ0n) is 14.3. The van der Waals surface area contributed by atoms with E-state index in [0.29, 0.717) is 0 Å². The molecule has 2 aliphatic heterocycles. The summed E-state index contributed by atoms with van der Waals surface area (Å²) in [6.07, 6.45) is -6.57. The Kier molecular flexibility index (Phi) is 8.04. The van der Waals surface area contributed by atoms with Gasteiger partial charge in [0, 0.05) is 6.54 Å². The summed E-state index contributed by atoms with van der Waals surface area (Å²) in [7, 11) is -16.8. The van der Waals surface area contributed by atoms with E-state index in [1.807, 2.05) is 5.32 Å². The van der Waals surface area contributed by atoms with E-state index in [9.17, 15) is 38.4 Å². The van der Waals surface area contributed by atoms with Crippen LogP contribution >= 0.6 is 39.4 Å². The number of urea groups is 1. The lowest BCUT2D eigenvalue weighted by Crippen LogP contribution is -2.60. The van der Waals surface area contributed by atoms with E-state index in [1.165, 1.54) is 0 Å². The second kappa shape index (κ2) is 9.29. The summed E-state index contributed by atoms with van der Waals surface area (Å²) < 4.78 is 50.1. The standard InChI is InChI=1S/C9H16BrN2O15P3/c10-3-1-12(9(16)11-7(3)15)8-6(14)5(13)4(25-8)2-24-29(20,21)27-30(22,23)26-28(17,18)19/h3-6,8,13-14H,1-2H2,(H,20,21)(H,22,23)(H,11,15,16)(H2,17,18,19). The van der Waals surface area contributed by atoms with Crippen LogP contribution in [0.3, 0.4) is 0 Å². The van der Waals surface area contributed by atoms with E-state index < -0.39 is 71.4 Å². The number of hydrogen-bond donors (Lipinski definition) is 7. The molecule has 3 amide bonds. The zero-order valence-corrected chi connectivity index (χ0v) is 18.6. The molecule has 7 atom stereocenters. The summed E-state index contributed by atoms with van der Waals surface area (Å²) in [4.78, 5) is 58.7. The molecule has 0 aliphatic carbocycles. The first kappa shape index (κ1) is 26.0. The molecule has 2 aliphatic rings. The minimum Gasteiger partial charge on any atom is -0.387 e. The van der Waals surface area contributed by atoms with Crippen molar-refractivity contribution in [3.05, 3.63) is 0 Å². The highest BCUT2D eigenvalue weighted by atomic mass is 79.9. The molecule has 2 heterocycles. The molecule has 0 bridgehead atoms. The first-order valence-corrected chi connectivity index (χ1v) is 13.0. The van der Waals surface area contributed by atoms with Crippen LogP contribution in [0.1, 0.15) is 0 Å². The van der Waals surface area contributed by atoms with Crippen molar-refractivity contribution in [1.29, 1.82) is 0 Å². The van der Waals surface area contributed by atoms with Crippen LogP contribution in [0.5, 0.6) is 0 Å². The Hall–Kier alpha value is -0.290. The number of aliphatic hydroxyl groups is 2. The zero-order chi connectivity index (χ0) is 23.1. The van der Waals surface area contributed by atoms with Crippen molar-refractivity contribution in [1.82, 2.24) is 10.2 Å². The molecule has 0 saturated carbocycles. The summed E-state index contributed by atoms with van der Waals surface area (Å²) in [6.45, 7) is -1.29. The smallest absolute Gasteiger partial charge is 0.387 e. The molecular weight excluding hydrogens is 549 g/mol. The van der Waals surface area contributed by atoms with E-state index in [4.69, 9.17) is 19.4 Å². The van der Waals surface area contributed by atoms with Gasteiger partial charge >= 0.3 is 29.5 Å². The molecule has 30 heavy (non-hydrogen) atoms. The monoisotopic (exact) mass is 564 g/mol. The molecule has 0 aromatic rings. The Morgan fingerprint density at radius 2 is 1.67 bits per heavy atom. The second-order valence-corrected chi connectivity index (χ2v) is 11.4. The first-order chi connectivity index (χ1) is 13.5. The molecule has 0 spiro atoms. The third kappa shape index (κ3) is 6.85. The molecular formula is C9H16BrN2O15P3. The van der Waals surface area contributed by atoms with Crippen molar-refractivity contribution in [3.8, 4) is 0 Å². The molecule has 7 N–H and O–H groups in total. The van der Waals surface area contributed by atoms with Gasteiger partial charge in [0.15, 0.2) is 6.23 Å². The highest BCUT2D eigenvalue weighted by Crippen LogP contribution is 2.66. The van der Waals surface area contributed by atoms with Gasteiger partial charge in [0.1, 0.15) is 23.1 Å². The van der Waals surface area contributed by atoms with Gasteiger partial charge < -0.3 is 34.5 Å². The summed E-state index contributed by atoms with van der Waals surface area (Å²) >= 11 is 2.99. The number of nitrogens with one attached hydrogen (secondary N) is 1. The average Bonchev–Trinajstić information content (AvgIpc) is 2.81. The molecule has 174 valence electrons. The van der Waals surface area contributed by atoms with Crippen LogP contribution in [0.4, 0.5) is 4.79 Å². The number of phosphoric ester groups is 1. The third-order valence-corrected chi connectivity index (χ3v) is 8.10. The Balaban J connectivity index is 2.00. The lowest BCUT2D eigenvalue weighted by Gasteiger charge is -2.34. The van der Waals surface area contributed by atoms with Crippen LogP contribution in [-0.4, -0.2) is 89.1 Å². The number of halogens is 1. The van der Waals surface area contributed by atoms with Crippen molar-refractivity contribution >= 4 is 51.3 Å². The second-order valence-electron chi connectivity index (χ2n) is 5.85. The van der Waals surface area contributed by atoms with Crippen LogP contribution in [0.25, 0.3) is 0 Å². The maximum Gasteiger partial charge on any atom is 0.490 e. The summed E-state index contributed by atoms with van der Waals surface area (Å²) in [6, 6.07) is -0.944. The predicted octanol–water partition coefficient (Wildman–Crippen LogP) is -1.91. The molecule has 2 saturated heterocycles. The molecule has 0 radical (unpaired) electrons. The van der Waals surface area contributed by atoms with Crippen LogP contribution in [0.15, 0.2) is 0 Å². The number of imide groups is 1. The topological polar surface area (TPSA) is 259 Å². The largest absolute Gasteiger partial charge is 0.490 e. The van der Waals surface area contributed by atoms with Crippen LogP contribution in [0, 0.1) is 0 Å². The number of aliphatic hydroxyl groups excluding tert-OH is 2. The van der Waals surface area contributed by atoms with Gasteiger partial charge in [-0.25, -0.2) is 18.5 Å². The third-order valence-electron chi connectivity index (χ3n) is 3.59. The van der Waals surface area contributed by atoms with Gasteiger partial charge in [0.05, 0.1) is 6.61 Å². The van der Waals surface area contributed by atoms with E-state index in [0.717, 1.165) is 4.90 Å². The number of rotatable bonds is 8. The lowest BCUT2D eigenvalue weighted by atomic mass is 10.1. The van der Waals surface area contributed by atoms with Crippen LogP contribution in [-0.2, 0) is 36.4 Å². The van der Waals surface area contributed by atoms with E-state index >= 15 is 0 Å². The molecule has 2 rings (SSSR count). The van der Waals surface area contributed by atoms with Gasteiger partial charge in [-0.15, -0.1) is 0 Å². The van der Waals surface area contributed by atoms with Crippen molar-refractivity contribution in [2.24, 2.45) is 0 Å².